The Bertz CT molecular complexity index is 524. The number of rotatable bonds is 3. The van der Waals surface area contributed by atoms with Crippen LogP contribution >= 0.6 is 0 Å². The Balaban J connectivity index is 2.14. The topological polar surface area (TPSA) is 84.2 Å². The summed E-state index contributed by atoms with van der Waals surface area (Å²) < 4.78 is 1.35. The van der Waals surface area contributed by atoms with E-state index < -0.39 is 11.9 Å². The van der Waals surface area contributed by atoms with E-state index in [1.165, 1.54) is 17.3 Å². The van der Waals surface area contributed by atoms with Gasteiger partial charge in [-0.3, -0.25) is 9.48 Å². The molecule has 1 fully saturated rings. The Hall–Kier alpha value is -1.85. The highest BCUT2D eigenvalue weighted by molar-refractivity contribution is 6.03. The lowest BCUT2D eigenvalue weighted by Gasteiger charge is -2.34. The lowest BCUT2D eigenvalue weighted by molar-refractivity contribution is 0.0689. The van der Waals surface area contributed by atoms with Crippen LogP contribution in [0.15, 0.2) is 6.20 Å². The fraction of sp³-hybridized carbons (Fsp3) is 0.643. The molecule has 0 spiro atoms. The van der Waals surface area contributed by atoms with Gasteiger partial charge in [0.25, 0.3) is 5.91 Å². The number of aromatic nitrogens is 2. The largest absolute Gasteiger partial charge is 0.478 e. The third-order valence-electron chi connectivity index (χ3n) is 4.30. The molecule has 2 N–H and O–H groups in total. The van der Waals surface area contributed by atoms with Gasteiger partial charge in [0, 0.05) is 19.3 Å². The first kappa shape index (κ1) is 14.6. The first-order valence-corrected chi connectivity index (χ1v) is 6.98. The Labute approximate surface area is 118 Å². The highest BCUT2D eigenvalue weighted by Gasteiger charge is 2.30. The molecule has 0 aromatic carbocycles. The van der Waals surface area contributed by atoms with Crippen molar-refractivity contribution in [2.24, 2.45) is 18.9 Å². The highest BCUT2D eigenvalue weighted by atomic mass is 16.4. The van der Waals surface area contributed by atoms with Crippen molar-refractivity contribution < 1.29 is 14.7 Å². The molecule has 20 heavy (non-hydrogen) atoms. The molecule has 110 valence electrons. The molecule has 6 heteroatoms. The van der Waals surface area contributed by atoms with Gasteiger partial charge < -0.3 is 10.4 Å². The molecule has 0 saturated heterocycles. The second-order valence-corrected chi connectivity index (χ2v) is 5.72. The average Bonchev–Trinajstić information content (AvgIpc) is 2.77. The van der Waals surface area contributed by atoms with E-state index in [0.29, 0.717) is 11.8 Å². The van der Waals surface area contributed by atoms with Gasteiger partial charge in [0.05, 0.1) is 0 Å². The van der Waals surface area contributed by atoms with Crippen molar-refractivity contribution >= 4 is 11.9 Å². The Morgan fingerprint density at radius 1 is 1.40 bits per heavy atom. The molecule has 1 aliphatic rings. The molecule has 0 aliphatic heterocycles. The maximum absolute atomic E-state index is 12.3. The van der Waals surface area contributed by atoms with Crippen molar-refractivity contribution in [3.05, 3.63) is 17.5 Å². The van der Waals surface area contributed by atoms with E-state index in [2.05, 4.69) is 24.3 Å². The fourth-order valence-corrected chi connectivity index (χ4v) is 2.84. The molecular weight excluding hydrogens is 258 g/mol. The van der Waals surface area contributed by atoms with E-state index in [1.54, 1.807) is 7.05 Å². The van der Waals surface area contributed by atoms with Crippen molar-refractivity contribution in [2.45, 2.75) is 39.2 Å². The third kappa shape index (κ3) is 2.84. The fourth-order valence-electron chi connectivity index (χ4n) is 2.84. The van der Waals surface area contributed by atoms with Crippen LogP contribution in [0.5, 0.6) is 0 Å². The maximum atomic E-state index is 12.3. The first-order valence-electron chi connectivity index (χ1n) is 6.98. The van der Waals surface area contributed by atoms with Crippen LogP contribution < -0.4 is 5.32 Å². The van der Waals surface area contributed by atoms with E-state index >= 15 is 0 Å². The summed E-state index contributed by atoms with van der Waals surface area (Å²) in [4.78, 5) is 23.4. The van der Waals surface area contributed by atoms with Gasteiger partial charge in [-0.15, -0.1) is 0 Å². The van der Waals surface area contributed by atoms with E-state index in [1.807, 2.05) is 0 Å². The van der Waals surface area contributed by atoms with Crippen molar-refractivity contribution in [1.29, 1.82) is 0 Å². The van der Waals surface area contributed by atoms with Gasteiger partial charge in [-0.2, -0.15) is 5.10 Å². The van der Waals surface area contributed by atoms with Crippen molar-refractivity contribution in [2.75, 3.05) is 0 Å². The molecular formula is C14H21N3O3. The normalized spacial score (nSPS) is 26.2. The lowest BCUT2D eigenvalue weighted by Crippen LogP contribution is -2.44. The van der Waals surface area contributed by atoms with Gasteiger partial charge in [0.2, 0.25) is 0 Å². The summed E-state index contributed by atoms with van der Waals surface area (Å²) in [5.74, 6) is -0.566. The zero-order valence-corrected chi connectivity index (χ0v) is 12.1. The van der Waals surface area contributed by atoms with Crippen LogP contribution in [-0.2, 0) is 7.05 Å². The minimum Gasteiger partial charge on any atom is -0.478 e. The highest BCUT2D eigenvalue weighted by Crippen LogP contribution is 2.29. The summed E-state index contributed by atoms with van der Waals surface area (Å²) in [6, 6.07) is 0.0925. The first-order chi connectivity index (χ1) is 9.40. The Kier molecular flexibility index (Phi) is 4.11. The predicted molar refractivity (Wildman–Crippen MR) is 73.6 cm³/mol. The predicted octanol–water partition coefficient (Wildman–Crippen LogP) is 1.67. The molecule has 0 bridgehead atoms. The zero-order chi connectivity index (χ0) is 14.9. The van der Waals surface area contributed by atoms with Crippen molar-refractivity contribution in [3.63, 3.8) is 0 Å². The van der Waals surface area contributed by atoms with E-state index in [0.717, 1.165) is 12.8 Å². The van der Waals surface area contributed by atoms with Crippen LogP contribution in [0.4, 0.5) is 0 Å². The smallest absolute Gasteiger partial charge is 0.339 e. The zero-order valence-electron chi connectivity index (χ0n) is 12.1. The quantitative estimate of drug-likeness (QED) is 0.881. The minimum atomic E-state index is -1.13. The van der Waals surface area contributed by atoms with Crippen LogP contribution in [0.2, 0.25) is 0 Å². The molecule has 1 aromatic rings. The van der Waals surface area contributed by atoms with Gasteiger partial charge in [-0.05, 0) is 18.3 Å². The summed E-state index contributed by atoms with van der Waals surface area (Å²) >= 11 is 0. The summed E-state index contributed by atoms with van der Waals surface area (Å²) in [7, 11) is 1.61. The van der Waals surface area contributed by atoms with Gasteiger partial charge in [-0.1, -0.05) is 26.7 Å². The van der Waals surface area contributed by atoms with E-state index in [-0.39, 0.29) is 17.3 Å². The van der Waals surface area contributed by atoms with E-state index in [4.69, 9.17) is 5.11 Å². The molecule has 0 radical (unpaired) electrons. The molecule has 1 saturated carbocycles. The SMILES string of the molecule is C[C@H]1[C@H](C)CCC[C@H]1NC(=O)c1nn(C)cc1C(=O)O. The van der Waals surface area contributed by atoms with Gasteiger partial charge in [-0.25, -0.2) is 4.79 Å². The number of nitrogens with one attached hydrogen (secondary N) is 1. The number of hydrogen-bond acceptors (Lipinski definition) is 3. The molecule has 1 aliphatic carbocycles. The summed E-state index contributed by atoms with van der Waals surface area (Å²) in [5, 5.41) is 16.0. The monoisotopic (exact) mass is 279 g/mol. The number of nitrogens with zero attached hydrogens (tertiary/aromatic N) is 2. The standard InChI is InChI=1S/C14H21N3O3/c1-8-5-4-6-11(9(8)2)15-13(18)12-10(14(19)20)7-17(3)16-12/h7-9,11H,4-6H2,1-3H3,(H,15,18)(H,19,20)/t8-,9+,11-/m1/s1. The number of carboxylic acids is 1. The number of carbonyl (C=O) groups excluding carboxylic acids is 1. The van der Waals surface area contributed by atoms with Gasteiger partial charge >= 0.3 is 5.97 Å². The molecule has 1 amide bonds. The lowest BCUT2D eigenvalue weighted by atomic mass is 9.78. The molecule has 6 nitrogen and oxygen atoms in total. The second-order valence-electron chi connectivity index (χ2n) is 5.72. The van der Waals surface area contributed by atoms with Gasteiger partial charge in [0.15, 0.2) is 5.69 Å². The average molecular weight is 279 g/mol. The van der Waals surface area contributed by atoms with Crippen LogP contribution in [-0.4, -0.2) is 32.8 Å². The van der Waals surface area contributed by atoms with Crippen LogP contribution in [0, 0.1) is 11.8 Å². The van der Waals surface area contributed by atoms with Crippen molar-refractivity contribution in [1.82, 2.24) is 15.1 Å². The minimum absolute atomic E-state index is 0.00886. The second kappa shape index (κ2) is 5.64. The number of carboxylic acid groups (broad SMARTS) is 1. The third-order valence-corrected chi connectivity index (χ3v) is 4.30. The van der Waals surface area contributed by atoms with Crippen LogP contribution in [0.1, 0.15) is 54.0 Å². The number of aryl methyl sites for hydroxylation is 1. The van der Waals surface area contributed by atoms with Gasteiger partial charge in [0.1, 0.15) is 5.56 Å². The van der Waals surface area contributed by atoms with Crippen molar-refractivity contribution in [3.8, 4) is 0 Å². The molecule has 2 rings (SSSR count). The number of aromatic carboxylic acids is 1. The maximum Gasteiger partial charge on any atom is 0.339 e. The Morgan fingerprint density at radius 3 is 2.75 bits per heavy atom. The summed E-state index contributed by atoms with van der Waals surface area (Å²) in [5.41, 5.74) is -0.0630. The van der Waals surface area contributed by atoms with E-state index in [9.17, 15) is 9.59 Å². The Morgan fingerprint density at radius 2 is 2.10 bits per heavy atom. The number of amides is 1. The molecule has 3 atom stereocenters. The summed E-state index contributed by atoms with van der Waals surface area (Å²) in [6.07, 6.45) is 4.55. The van der Waals surface area contributed by atoms with Crippen LogP contribution in [0.3, 0.4) is 0 Å². The van der Waals surface area contributed by atoms with Crippen LogP contribution in [0.25, 0.3) is 0 Å². The molecule has 0 unspecified atom stereocenters. The number of carbonyl (C=O) groups is 2. The molecule has 1 aromatic heterocycles. The number of hydrogen-bond donors (Lipinski definition) is 2. The summed E-state index contributed by atoms with van der Waals surface area (Å²) in [6.45, 7) is 4.32. The molecule has 1 heterocycles.